The number of carboxylic acid groups (broad SMARTS) is 1. The summed E-state index contributed by atoms with van der Waals surface area (Å²) in [6.45, 7) is 6.43. The van der Waals surface area contributed by atoms with Gasteiger partial charge in [0.25, 0.3) is 0 Å². The molecule has 0 aromatic carbocycles. The van der Waals surface area contributed by atoms with Crippen LogP contribution in [0.25, 0.3) is 0 Å². The Hall–Kier alpha value is -1.48. The minimum absolute atomic E-state index is 0.0130. The summed E-state index contributed by atoms with van der Waals surface area (Å²) in [5, 5.41) is 9.62. The maximum absolute atomic E-state index is 13.1. The van der Waals surface area contributed by atoms with Crippen LogP contribution in [-0.2, 0) is 19.2 Å². The summed E-state index contributed by atoms with van der Waals surface area (Å²) in [5.74, 6) is 0.294. The Morgan fingerprint density at radius 1 is 1.15 bits per heavy atom. The maximum atomic E-state index is 13.1. The van der Waals surface area contributed by atoms with E-state index in [-0.39, 0.29) is 23.8 Å². The first kappa shape index (κ1) is 22.6. The molecule has 5 heteroatoms. The van der Waals surface area contributed by atoms with Gasteiger partial charge in [-0.3, -0.25) is 9.59 Å². The van der Waals surface area contributed by atoms with E-state index >= 15 is 0 Å². The number of rotatable bonds is 8. The smallest absolute Gasteiger partial charge is 0.373 e. The van der Waals surface area contributed by atoms with Crippen molar-refractivity contribution in [1.29, 1.82) is 0 Å². The Kier molecular flexibility index (Phi) is 9.79. The Labute approximate surface area is 156 Å². The van der Waals surface area contributed by atoms with Crippen molar-refractivity contribution in [3.63, 3.8) is 0 Å². The number of hydrogen-bond donors (Lipinski definition) is 1. The molecular formula is C21H34O5. The Morgan fingerprint density at radius 3 is 2.31 bits per heavy atom. The third kappa shape index (κ3) is 5.77. The molecule has 0 radical (unpaired) electrons. The number of aliphatic carboxylic acids is 1. The molecule has 0 amide bonds. The van der Waals surface area contributed by atoms with Crippen molar-refractivity contribution in [1.82, 2.24) is 0 Å². The molecule has 2 saturated carbocycles. The van der Waals surface area contributed by atoms with E-state index in [2.05, 4.69) is 13.8 Å². The number of ketones is 1. The number of carboxylic acids is 1. The van der Waals surface area contributed by atoms with Crippen molar-refractivity contribution in [2.75, 3.05) is 0 Å². The van der Waals surface area contributed by atoms with Gasteiger partial charge in [-0.1, -0.05) is 59.3 Å². The van der Waals surface area contributed by atoms with Gasteiger partial charge < -0.3 is 5.11 Å². The van der Waals surface area contributed by atoms with Gasteiger partial charge in [-0.15, -0.1) is 0 Å². The molecule has 0 bridgehead atoms. The van der Waals surface area contributed by atoms with Crippen LogP contribution in [0, 0.1) is 35.5 Å². The monoisotopic (exact) mass is 366 g/mol. The van der Waals surface area contributed by atoms with Crippen LogP contribution in [0.4, 0.5) is 0 Å². The zero-order valence-corrected chi connectivity index (χ0v) is 16.4. The molecule has 0 spiro atoms. The molecule has 0 aromatic heterocycles. The standard InChI is InChI=1S/C20H34O3.CO2/c1-4-8-14(5-2)11-13(3)19(21)18-16-10-7-6-9-15(16)12-17(18)20(22)23;2-1-3/h13-18H,4-12H2,1-3H3,(H,22,23);/t13-,14-,15+,16+,17-,18?;/m1./s1. The lowest BCUT2D eigenvalue weighted by Gasteiger charge is -2.31. The normalized spacial score (nSPS) is 29.5. The summed E-state index contributed by atoms with van der Waals surface area (Å²) in [6.07, 6.45) is 9.92. The molecule has 0 aromatic rings. The van der Waals surface area contributed by atoms with Crippen molar-refractivity contribution >= 4 is 17.9 Å². The van der Waals surface area contributed by atoms with E-state index in [0.717, 1.165) is 38.5 Å². The summed E-state index contributed by atoms with van der Waals surface area (Å²) in [6, 6.07) is 0. The van der Waals surface area contributed by atoms with E-state index in [4.69, 9.17) is 9.59 Å². The summed E-state index contributed by atoms with van der Waals surface area (Å²) in [7, 11) is 0. The van der Waals surface area contributed by atoms with Gasteiger partial charge in [-0.2, -0.15) is 9.59 Å². The topological polar surface area (TPSA) is 88.5 Å². The zero-order valence-electron chi connectivity index (χ0n) is 16.4. The van der Waals surface area contributed by atoms with Crippen LogP contribution in [0.2, 0.25) is 0 Å². The Morgan fingerprint density at radius 2 is 1.77 bits per heavy atom. The van der Waals surface area contributed by atoms with Gasteiger partial charge in [0, 0.05) is 11.8 Å². The molecule has 2 aliphatic rings. The highest BCUT2D eigenvalue weighted by molar-refractivity contribution is 5.88. The second-order valence-corrected chi connectivity index (χ2v) is 8.10. The van der Waals surface area contributed by atoms with Crippen molar-refractivity contribution in [2.45, 2.75) is 78.6 Å². The van der Waals surface area contributed by atoms with E-state index in [1.165, 1.54) is 19.3 Å². The summed E-state index contributed by atoms with van der Waals surface area (Å²) in [4.78, 5) is 41.1. The van der Waals surface area contributed by atoms with Crippen molar-refractivity contribution in [3.8, 4) is 0 Å². The SMILES string of the molecule is CCC[C@@H](CC)C[C@@H](C)C(=O)C1[C@H]2CCCC[C@H]2C[C@H]1C(=O)O.O=C=O. The highest BCUT2D eigenvalue weighted by atomic mass is 16.4. The van der Waals surface area contributed by atoms with Gasteiger partial charge in [0.2, 0.25) is 0 Å². The van der Waals surface area contributed by atoms with E-state index in [1.807, 2.05) is 6.92 Å². The summed E-state index contributed by atoms with van der Waals surface area (Å²) >= 11 is 0. The van der Waals surface area contributed by atoms with Gasteiger partial charge in [0.15, 0.2) is 0 Å². The summed E-state index contributed by atoms with van der Waals surface area (Å²) in [5.41, 5.74) is 0. The van der Waals surface area contributed by atoms with Crippen molar-refractivity contribution < 1.29 is 24.3 Å². The molecule has 2 rings (SSSR count). The molecule has 2 fully saturated rings. The largest absolute Gasteiger partial charge is 0.481 e. The molecule has 6 atom stereocenters. The molecule has 2 aliphatic carbocycles. The van der Waals surface area contributed by atoms with Crippen LogP contribution in [0.15, 0.2) is 0 Å². The molecule has 1 N–H and O–H groups in total. The van der Waals surface area contributed by atoms with E-state index in [1.54, 1.807) is 0 Å². The predicted molar refractivity (Wildman–Crippen MR) is 97.2 cm³/mol. The lowest BCUT2D eigenvalue weighted by atomic mass is 9.73. The van der Waals surface area contributed by atoms with Gasteiger partial charge in [0.1, 0.15) is 5.78 Å². The number of hydrogen-bond acceptors (Lipinski definition) is 4. The van der Waals surface area contributed by atoms with Gasteiger partial charge in [-0.05, 0) is 37.0 Å². The average molecular weight is 366 g/mol. The first-order valence-corrected chi connectivity index (χ1v) is 10.2. The van der Waals surface area contributed by atoms with E-state index in [9.17, 15) is 14.7 Å². The first-order chi connectivity index (χ1) is 12.4. The molecule has 0 heterocycles. The zero-order chi connectivity index (χ0) is 19.7. The molecule has 0 aliphatic heterocycles. The average Bonchev–Trinajstić information content (AvgIpc) is 3.01. The highest BCUT2D eigenvalue weighted by Crippen LogP contribution is 2.50. The number of Topliss-reactive ketones (excluding diaryl/α,β-unsaturated/α-hetero) is 1. The first-order valence-electron chi connectivity index (χ1n) is 10.2. The molecule has 26 heavy (non-hydrogen) atoms. The second kappa shape index (κ2) is 11.3. The van der Waals surface area contributed by atoms with Crippen LogP contribution in [-0.4, -0.2) is 23.0 Å². The molecule has 1 unspecified atom stereocenters. The maximum Gasteiger partial charge on any atom is 0.373 e. The minimum atomic E-state index is -0.745. The highest BCUT2D eigenvalue weighted by Gasteiger charge is 2.50. The van der Waals surface area contributed by atoms with Crippen molar-refractivity contribution in [2.24, 2.45) is 35.5 Å². The van der Waals surface area contributed by atoms with Crippen LogP contribution in [0.3, 0.4) is 0 Å². The Bertz CT molecular complexity index is 495. The third-order valence-electron chi connectivity index (χ3n) is 6.51. The van der Waals surface area contributed by atoms with Crippen LogP contribution in [0.1, 0.15) is 78.6 Å². The van der Waals surface area contributed by atoms with Gasteiger partial charge in [0.05, 0.1) is 5.92 Å². The van der Waals surface area contributed by atoms with Crippen LogP contribution in [0.5, 0.6) is 0 Å². The fraction of sp³-hybridized carbons (Fsp3) is 0.857. The van der Waals surface area contributed by atoms with Crippen LogP contribution < -0.4 is 0 Å². The van der Waals surface area contributed by atoms with E-state index in [0.29, 0.717) is 17.8 Å². The molecular weight excluding hydrogens is 332 g/mol. The number of carbonyl (C=O) groups excluding carboxylic acids is 3. The van der Waals surface area contributed by atoms with Crippen molar-refractivity contribution in [3.05, 3.63) is 0 Å². The lowest BCUT2D eigenvalue weighted by molar-refractivity contribution is -0.191. The predicted octanol–water partition coefficient (Wildman–Crippen LogP) is 4.35. The quantitative estimate of drug-likeness (QED) is 0.690. The fourth-order valence-corrected chi connectivity index (χ4v) is 5.28. The van der Waals surface area contributed by atoms with E-state index < -0.39 is 11.9 Å². The molecule has 148 valence electrons. The van der Waals surface area contributed by atoms with Gasteiger partial charge >= 0.3 is 12.1 Å². The molecule has 0 saturated heterocycles. The van der Waals surface area contributed by atoms with Crippen LogP contribution >= 0.6 is 0 Å². The lowest BCUT2D eigenvalue weighted by Crippen LogP contribution is -2.35. The number of fused-ring (bicyclic) bond motifs is 1. The minimum Gasteiger partial charge on any atom is -0.481 e. The second-order valence-electron chi connectivity index (χ2n) is 8.10. The Balaban J connectivity index is 0.00000105. The van der Waals surface area contributed by atoms with Gasteiger partial charge in [-0.25, -0.2) is 0 Å². The molecule has 5 nitrogen and oxygen atoms in total. The number of carbonyl (C=O) groups is 2. The summed E-state index contributed by atoms with van der Waals surface area (Å²) < 4.78 is 0. The fourth-order valence-electron chi connectivity index (χ4n) is 5.28. The third-order valence-corrected chi connectivity index (χ3v) is 6.51.